The van der Waals surface area contributed by atoms with Crippen LogP contribution >= 0.6 is 0 Å². The summed E-state index contributed by atoms with van der Waals surface area (Å²) in [6.07, 6.45) is 14.5. The third-order valence-electron chi connectivity index (χ3n) is 7.70. The van der Waals surface area contributed by atoms with Crippen LogP contribution in [0.15, 0.2) is 55.0 Å². The number of aliphatic carboxylic acids is 1. The van der Waals surface area contributed by atoms with E-state index in [9.17, 15) is 9.90 Å². The first-order chi connectivity index (χ1) is 17.6. The molecule has 3 heterocycles. The van der Waals surface area contributed by atoms with Crippen LogP contribution in [0.1, 0.15) is 56.1 Å². The number of nitrogens with zero attached hydrogens (tertiary/aromatic N) is 3. The number of hydrogen-bond donors (Lipinski definition) is 1. The van der Waals surface area contributed by atoms with Crippen molar-refractivity contribution in [3.63, 3.8) is 0 Å². The second kappa shape index (κ2) is 13.4. The van der Waals surface area contributed by atoms with Crippen molar-refractivity contribution in [2.45, 2.75) is 57.8 Å². The Kier molecular flexibility index (Phi) is 9.68. The van der Waals surface area contributed by atoms with E-state index in [1.807, 2.05) is 30.7 Å². The monoisotopic (exact) mass is 489 g/mol. The standard InChI is InChI=1S/C30H39N3O3/c1-36-27-9-10-29-28(21-27)25(14-18-32-29)7-4-6-24-15-20-33(22-26(24)8-11-30(34)35)19-3-2-5-23-12-16-31-17-13-23/h9-10,12-14,16-18,21,24,26H,2-8,11,15,19-20,22H2,1H3,(H,34,35). The third-order valence-corrected chi connectivity index (χ3v) is 7.70. The van der Waals surface area contributed by atoms with Crippen LogP contribution in [0.25, 0.3) is 10.9 Å². The second-order valence-corrected chi connectivity index (χ2v) is 10.1. The summed E-state index contributed by atoms with van der Waals surface area (Å²) in [4.78, 5) is 22.5. The van der Waals surface area contributed by atoms with Gasteiger partial charge in [0.25, 0.3) is 0 Å². The topological polar surface area (TPSA) is 75.5 Å². The first-order valence-electron chi connectivity index (χ1n) is 13.4. The number of pyridine rings is 2. The average Bonchev–Trinajstić information content (AvgIpc) is 2.91. The lowest BCUT2D eigenvalue weighted by molar-refractivity contribution is -0.137. The number of fused-ring (bicyclic) bond motifs is 1. The number of ether oxygens (including phenoxy) is 1. The zero-order valence-corrected chi connectivity index (χ0v) is 21.4. The van der Waals surface area contributed by atoms with Gasteiger partial charge < -0.3 is 14.7 Å². The molecule has 2 atom stereocenters. The summed E-state index contributed by atoms with van der Waals surface area (Å²) in [5.41, 5.74) is 3.67. The minimum atomic E-state index is -0.680. The normalized spacial score (nSPS) is 18.4. The molecular weight excluding hydrogens is 450 g/mol. The van der Waals surface area contributed by atoms with Crippen LogP contribution in [-0.4, -0.2) is 52.7 Å². The van der Waals surface area contributed by atoms with Crippen molar-refractivity contribution in [3.05, 3.63) is 66.1 Å². The lowest BCUT2D eigenvalue weighted by atomic mass is 9.79. The van der Waals surface area contributed by atoms with Crippen LogP contribution < -0.4 is 4.74 Å². The van der Waals surface area contributed by atoms with Gasteiger partial charge in [-0.1, -0.05) is 0 Å². The van der Waals surface area contributed by atoms with Gasteiger partial charge in [-0.05, 0) is 124 Å². The predicted octanol–water partition coefficient (Wildman–Crippen LogP) is 5.79. The van der Waals surface area contributed by atoms with Crippen LogP contribution in [0.5, 0.6) is 5.75 Å². The van der Waals surface area contributed by atoms with Gasteiger partial charge in [0, 0.05) is 36.9 Å². The molecule has 1 aromatic carbocycles. The Morgan fingerprint density at radius 1 is 1.03 bits per heavy atom. The molecule has 0 bridgehead atoms. The lowest BCUT2D eigenvalue weighted by Crippen LogP contribution is -2.41. The van der Waals surface area contributed by atoms with Crippen LogP contribution in [0.2, 0.25) is 0 Å². The van der Waals surface area contributed by atoms with Gasteiger partial charge in [0.05, 0.1) is 12.6 Å². The smallest absolute Gasteiger partial charge is 0.303 e. The summed E-state index contributed by atoms with van der Waals surface area (Å²) in [5, 5.41) is 10.5. The van der Waals surface area contributed by atoms with Crippen molar-refractivity contribution in [2.75, 3.05) is 26.7 Å². The number of methoxy groups -OCH3 is 1. The van der Waals surface area contributed by atoms with Crippen molar-refractivity contribution in [1.82, 2.24) is 14.9 Å². The van der Waals surface area contributed by atoms with Gasteiger partial charge >= 0.3 is 5.97 Å². The summed E-state index contributed by atoms with van der Waals surface area (Å²) in [5.74, 6) is 1.24. The molecular formula is C30H39N3O3. The first-order valence-corrected chi connectivity index (χ1v) is 13.4. The summed E-state index contributed by atoms with van der Waals surface area (Å²) in [6, 6.07) is 12.4. The van der Waals surface area contributed by atoms with Crippen LogP contribution in [0.3, 0.4) is 0 Å². The number of carboxylic acids is 1. The quantitative estimate of drug-likeness (QED) is 0.307. The molecule has 36 heavy (non-hydrogen) atoms. The third kappa shape index (κ3) is 7.50. The predicted molar refractivity (Wildman–Crippen MR) is 143 cm³/mol. The Labute approximate surface area is 214 Å². The van der Waals surface area contributed by atoms with Gasteiger partial charge in [0.15, 0.2) is 0 Å². The van der Waals surface area contributed by atoms with Crippen LogP contribution in [0, 0.1) is 11.8 Å². The zero-order valence-electron chi connectivity index (χ0n) is 21.4. The van der Waals surface area contributed by atoms with Crippen molar-refractivity contribution in [1.29, 1.82) is 0 Å². The van der Waals surface area contributed by atoms with Gasteiger partial charge in [-0.3, -0.25) is 14.8 Å². The highest BCUT2D eigenvalue weighted by atomic mass is 16.5. The molecule has 6 heteroatoms. The number of unbranched alkanes of at least 4 members (excludes halogenated alkanes) is 1. The molecule has 1 saturated heterocycles. The van der Waals surface area contributed by atoms with E-state index < -0.39 is 5.97 Å². The number of benzene rings is 1. The van der Waals surface area contributed by atoms with Gasteiger partial charge in [0.2, 0.25) is 0 Å². The number of rotatable bonds is 13. The minimum Gasteiger partial charge on any atom is -0.497 e. The number of carboxylic acid groups (broad SMARTS) is 1. The van der Waals surface area contributed by atoms with Crippen LogP contribution in [0.4, 0.5) is 0 Å². The molecule has 0 amide bonds. The van der Waals surface area contributed by atoms with Crippen molar-refractivity contribution >= 4 is 16.9 Å². The van der Waals surface area contributed by atoms with Gasteiger partial charge in [-0.15, -0.1) is 0 Å². The number of piperidine rings is 1. The molecule has 3 aromatic rings. The van der Waals surface area contributed by atoms with Crippen molar-refractivity contribution < 1.29 is 14.6 Å². The molecule has 192 valence electrons. The van der Waals surface area contributed by atoms with E-state index in [4.69, 9.17) is 4.74 Å². The van der Waals surface area contributed by atoms with Gasteiger partial charge in [-0.2, -0.15) is 0 Å². The fourth-order valence-corrected chi connectivity index (χ4v) is 5.67. The molecule has 0 radical (unpaired) electrons. The largest absolute Gasteiger partial charge is 0.497 e. The SMILES string of the molecule is COc1ccc2nccc(CCCC3CCN(CCCCc4ccncc4)CC3CCC(=O)O)c2c1. The molecule has 6 nitrogen and oxygen atoms in total. The highest BCUT2D eigenvalue weighted by Crippen LogP contribution is 2.32. The molecule has 2 aromatic heterocycles. The molecule has 0 aliphatic carbocycles. The summed E-state index contributed by atoms with van der Waals surface area (Å²) in [7, 11) is 1.70. The zero-order chi connectivity index (χ0) is 25.2. The number of hydrogen-bond acceptors (Lipinski definition) is 5. The summed E-state index contributed by atoms with van der Waals surface area (Å²) >= 11 is 0. The summed E-state index contributed by atoms with van der Waals surface area (Å²) < 4.78 is 5.42. The average molecular weight is 490 g/mol. The Bertz CT molecular complexity index is 1110. The number of carbonyl (C=O) groups is 1. The first kappa shape index (κ1) is 26.1. The molecule has 1 N–H and O–H groups in total. The Morgan fingerprint density at radius 2 is 1.89 bits per heavy atom. The van der Waals surface area contributed by atoms with Gasteiger partial charge in [0.1, 0.15) is 5.75 Å². The molecule has 1 aliphatic heterocycles. The van der Waals surface area contributed by atoms with E-state index in [1.165, 1.54) is 35.8 Å². The highest BCUT2D eigenvalue weighted by Gasteiger charge is 2.29. The van der Waals surface area contributed by atoms with Gasteiger partial charge in [-0.25, -0.2) is 0 Å². The second-order valence-electron chi connectivity index (χ2n) is 10.1. The van der Waals surface area contributed by atoms with E-state index >= 15 is 0 Å². The Morgan fingerprint density at radius 3 is 2.69 bits per heavy atom. The van der Waals surface area contributed by atoms with E-state index in [1.54, 1.807) is 7.11 Å². The summed E-state index contributed by atoms with van der Waals surface area (Å²) in [6.45, 7) is 3.26. The highest BCUT2D eigenvalue weighted by molar-refractivity contribution is 5.83. The molecule has 2 unspecified atom stereocenters. The van der Waals surface area contributed by atoms with E-state index in [0.717, 1.165) is 63.0 Å². The molecule has 4 rings (SSSR count). The van der Waals surface area contributed by atoms with E-state index in [0.29, 0.717) is 11.8 Å². The van der Waals surface area contributed by atoms with E-state index in [2.05, 4.69) is 39.1 Å². The fraction of sp³-hybridized carbons (Fsp3) is 0.500. The molecule has 1 aliphatic rings. The maximum atomic E-state index is 11.3. The molecule has 0 spiro atoms. The maximum Gasteiger partial charge on any atom is 0.303 e. The van der Waals surface area contributed by atoms with Crippen molar-refractivity contribution in [2.24, 2.45) is 11.8 Å². The maximum absolute atomic E-state index is 11.3. The lowest BCUT2D eigenvalue weighted by Gasteiger charge is -2.39. The molecule has 0 saturated carbocycles. The van der Waals surface area contributed by atoms with E-state index in [-0.39, 0.29) is 6.42 Å². The molecule has 1 fully saturated rings. The van der Waals surface area contributed by atoms with Crippen LogP contribution in [-0.2, 0) is 17.6 Å². The Hall–Kier alpha value is -2.99. The number of aromatic nitrogens is 2. The Balaban J connectivity index is 1.28. The number of likely N-dealkylation sites (tertiary alicyclic amines) is 1. The van der Waals surface area contributed by atoms with Crippen molar-refractivity contribution in [3.8, 4) is 5.75 Å². The fourth-order valence-electron chi connectivity index (χ4n) is 5.67. The minimum absolute atomic E-state index is 0.270. The number of aryl methyl sites for hydroxylation is 2.